The molecule has 2 aromatic rings. The molecule has 0 aliphatic carbocycles. The Labute approximate surface area is 140 Å². The third-order valence-electron chi connectivity index (χ3n) is 3.41. The summed E-state index contributed by atoms with van der Waals surface area (Å²) in [7, 11) is 0. The summed E-state index contributed by atoms with van der Waals surface area (Å²) in [4.78, 5) is 12.1. The lowest BCUT2D eigenvalue weighted by Gasteiger charge is -2.23. The van der Waals surface area contributed by atoms with Crippen LogP contribution in [0.4, 0.5) is 4.39 Å². The van der Waals surface area contributed by atoms with E-state index < -0.39 is 0 Å². The SMILES string of the molecule is CC(C)[C@H](NC(=O)COc1ccccc1Cl)c1ccc(F)cc1. The Morgan fingerprint density at radius 1 is 1.17 bits per heavy atom. The number of amides is 1. The number of rotatable bonds is 6. The maximum absolute atomic E-state index is 13.0. The highest BCUT2D eigenvalue weighted by molar-refractivity contribution is 6.32. The van der Waals surface area contributed by atoms with Crippen molar-refractivity contribution in [1.29, 1.82) is 0 Å². The van der Waals surface area contributed by atoms with Gasteiger partial charge in [0.2, 0.25) is 0 Å². The fourth-order valence-corrected chi connectivity index (χ4v) is 2.42. The van der Waals surface area contributed by atoms with E-state index in [1.54, 1.807) is 36.4 Å². The van der Waals surface area contributed by atoms with Crippen molar-refractivity contribution >= 4 is 17.5 Å². The van der Waals surface area contributed by atoms with Gasteiger partial charge in [0.1, 0.15) is 11.6 Å². The van der Waals surface area contributed by atoms with E-state index in [1.807, 2.05) is 13.8 Å². The van der Waals surface area contributed by atoms with Crippen molar-refractivity contribution < 1.29 is 13.9 Å². The number of halogens is 2. The number of carbonyl (C=O) groups excluding carboxylic acids is 1. The highest BCUT2D eigenvalue weighted by atomic mass is 35.5. The van der Waals surface area contributed by atoms with Gasteiger partial charge in [-0.15, -0.1) is 0 Å². The summed E-state index contributed by atoms with van der Waals surface area (Å²) in [5.41, 5.74) is 0.854. The van der Waals surface area contributed by atoms with Crippen molar-refractivity contribution in [3.63, 3.8) is 0 Å². The molecule has 3 nitrogen and oxygen atoms in total. The number of nitrogens with one attached hydrogen (secondary N) is 1. The van der Waals surface area contributed by atoms with Gasteiger partial charge in [0.05, 0.1) is 11.1 Å². The molecule has 2 rings (SSSR count). The van der Waals surface area contributed by atoms with Crippen LogP contribution in [0.1, 0.15) is 25.5 Å². The van der Waals surface area contributed by atoms with E-state index in [0.29, 0.717) is 10.8 Å². The molecule has 1 atom stereocenters. The molecule has 1 amide bonds. The molecule has 0 bridgehead atoms. The first-order chi connectivity index (χ1) is 11.0. The van der Waals surface area contributed by atoms with Gasteiger partial charge < -0.3 is 10.1 Å². The molecule has 1 N–H and O–H groups in total. The normalized spacial score (nSPS) is 12.0. The quantitative estimate of drug-likeness (QED) is 0.851. The molecule has 0 saturated carbocycles. The fraction of sp³-hybridized carbons (Fsp3) is 0.278. The molecule has 0 aliphatic rings. The molecule has 0 fully saturated rings. The summed E-state index contributed by atoms with van der Waals surface area (Å²) < 4.78 is 18.5. The first-order valence-corrected chi connectivity index (χ1v) is 7.77. The van der Waals surface area contributed by atoms with Gasteiger partial charge in [0.25, 0.3) is 5.91 Å². The van der Waals surface area contributed by atoms with Gasteiger partial charge >= 0.3 is 0 Å². The van der Waals surface area contributed by atoms with Crippen molar-refractivity contribution in [1.82, 2.24) is 5.32 Å². The lowest BCUT2D eigenvalue weighted by Crippen LogP contribution is -2.35. The molecular formula is C18H19ClFNO2. The number of hydrogen-bond acceptors (Lipinski definition) is 2. The van der Waals surface area contributed by atoms with E-state index in [9.17, 15) is 9.18 Å². The maximum atomic E-state index is 13.0. The Morgan fingerprint density at radius 2 is 1.83 bits per heavy atom. The predicted molar refractivity (Wildman–Crippen MR) is 89.1 cm³/mol. The van der Waals surface area contributed by atoms with E-state index in [4.69, 9.17) is 16.3 Å². The summed E-state index contributed by atoms with van der Waals surface area (Å²) in [5.74, 6) is 0.0644. The smallest absolute Gasteiger partial charge is 0.258 e. The highest BCUT2D eigenvalue weighted by Crippen LogP contribution is 2.24. The van der Waals surface area contributed by atoms with Crippen LogP contribution in [-0.4, -0.2) is 12.5 Å². The predicted octanol–water partition coefficient (Wildman–Crippen LogP) is 4.37. The van der Waals surface area contributed by atoms with E-state index in [1.165, 1.54) is 12.1 Å². The van der Waals surface area contributed by atoms with Crippen LogP contribution >= 0.6 is 11.6 Å². The minimum atomic E-state index is -0.301. The summed E-state index contributed by atoms with van der Waals surface area (Å²) in [6, 6.07) is 12.9. The van der Waals surface area contributed by atoms with Crippen molar-refractivity contribution in [3.8, 4) is 5.75 Å². The van der Waals surface area contributed by atoms with E-state index in [0.717, 1.165) is 5.56 Å². The molecule has 122 valence electrons. The number of benzene rings is 2. The molecule has 2 aromatic carbocycles. The van der Waals surface area contributed by atoms with Crippen LogP contribution in [0, 0.1) is 11.7 Å². The molecule has 0 aliphatic heterocycles. The number of ether oxygens (including phenoxy) is 1. The summed E-state index contributed by atoms with van der Waals surface area (Å²) in [6.45, 7) is 3.85. The summed E-state index contributed by atoms with van der Waals surface area (Å²) in [5, 5.41) is 3.37. The Balaban J connectivity index is 1.98. The lowest BCUT2D eigenvalue weighted by atomic mass is 9.96. The highest BCUT2D eigenvalue weighted by Gasteiger charge is 2.18. The van der Waals surface area contributed by atoms with Crippen LogP contribution in [0.25, 0.3) is 0 Å². The van der Waals surface area contributed by atoms with Gasteiger partial charge in [-0.05, 0) is 35.7 Å². The second-order valence-electron chi connectivity index (χ2n) is 5.56. The van der Waals surface area contributed by atoms with Crippen molar-refractivity contribution in [2.45, 2.75) is 19.9 Å². The molecule has 5 heteroatoms. The average molecular weight is 336 g/mol. The minimum absolute atomic E-state index is 0.131. The van der Waals surface area contributed by atoms with Crippen LogP contribution in [-0.2, 0) is 4.79 Å². The third kappa shape index (κ3) is 4.96. The van der Waals surface area contributed by atoms with Crippen LogP contribution < -0.4 is 10.1 Å². The topological polar surface area (TPSA) is 38.3 Å². The first kappa shape index (κ1) is 17.3. The Bertz CT molecular complexity index is 658. The van der Waals surface area contributed by atoms with Gasteiger partial charge in [-0.3, -0.25) is 4.79 Å². The molecule has 0 radical (unpaired) electrons. The largest absolute Gasteiger partial charge is 0.482 e. The molecule has 0 saturated heterocycles. The number of carbonyl (C=O) groups is 1. The summed E-state index contributed by atoms with van der Waals surface area (Å²) in [6.07, 6.45) is 0. The second kappa shape index (κ2) is 7.97. The Kier molecular flexibility index (Phi) is 5.99. The van der Waals surface area contributed by atoms with Crippen LogP contribution in [0.3, 0.4) is 0 Å². The van der Waals surface area contributed by atoms with Gasteiger partial charge in [-0.1, -0.05) is 49.7 Å². The molecule has 0 aromatic heterocycles. The van der Waals surface area contributed by atoms with E-state index in [-0.39, 0.29) is 30.3 Å². The zero-order chi connectivity index (χ0) is 16.8. The average Bonchev–Trinajstić information content (AvgIpc) is 2.52. The van der Waals surface area contributed by atoms with Crippen LogP contribution in [0.2, 0.25) is 5.02 Å². The zero-order valence-corrected chi connectivity index (χ0v) is 13.8. The zero-order valence-electron chi connectivity index (χ0n) is 13.1. The van der Waals surface area contributed by atoms with Crippen molar-refractivity contribution in [3.05, 3.63) is 64.9 Å². The summed E-state index contributed by atoms with van der Waals surface area (Å²) >= 11 is 5.98. The number of para-hydroxylation sites is 1. The monoisotopic (exact) mass is 335 g/mol. The molecule has 0 unspecified atom stereocenters. The van der Waals surface area contributed by atoms with E-state index >= 15 is 0 Å². The Hall–Kier alpha value is -2.07. The van der Waals surface area contributed by atoms with E-state index in [2.05, 4.69) is 5.32 Å². The molecule has 23 heavy (non-hydrogen) atoms. The van der Waals surface area contributed by atoms with Gasteiger partial charge in [-0.25, -0.2) is 4.39 Å². The standard InChI is InChI=1S/C18H19ClFNO2/c1-12(2)18(13-7-9-14(20)10-8-13)21-17(22)11-23-16-6-4-3-5-15(16)19/h3-10,12,18H,11H2,1-2H3,(H,21,22)/t18-/m0/s1. The van der Waals surface area contributed by atoms with Gasteiger partial charge in [0, 0.05) is 0 Å². The Morgan fingerprint density at radius 3 is 2.43 bits per heavy atom. The lowest BCUT2D eigenvalue weighted by molar-refractivity contribution is -0.124. The van der Waals surface area contributed by atoms with Gasteiger partial charge in [-0.2, -0.15) is 0 Å². The molecule has 0 spiro atoms. The van der Waals surface area contributed by atoms with Crippen molar-refractivity contribution in [2.24, 2.45) is 5.92 Å². The third-order valence-corrected chi connectivity index (χ3v) is 3.72. The fourth-order valence-electron chi connectivity index (χ4n) is 2.23. The number of hydrogen-bond donors (Lipinski definition) is 1. The van der Waals surface area contributed by atoms with Crippen LogP contribution in [0.5, 0.6) is 5.75 Å². The van der Waals surface area contributed by atoms with Crippen molar-refractivity contribution in [2.75, 3.05) is 6.61 Å². The molecular weight excluding hydrogens is 317 g/mol. The molecule has 0 heterocycles. The first-order valence-electron chi connectivity index (χ1n) is 7.39. The minimum Gasteiger partial charge on any atom is -0.482 e. The van der Waals surface area contributed by atoms with Crippen LogP contribution in [0.15, 0.2) is 48.5 Å². The van der Waals surface area contributed by atoms with Gasteiger partial charge in [0.15, 0.2) is 6.61 Å². The second-order valence-corrected chi connectivity index (χ2v) is 5.97. The maximum Gasteiger partial charge on any atom is 0.258 e.